The second-order valence-electron chi connectivity index (χ2n) is 5.26. The number of fused-ring (bicyclic) bond motifs is 3. The Balaban J connectivity index is 1.90. The fraction of sp³-hybridized carbons (Fsp3) is 0. The molecule has 0 bridgehead atoms. The average molecular weight is 339 g/mol. The van der Waals surface area contributed by atoms with Crippen molar-refractivity contribution in [1.29, 1.82) is 0 Å². The molecule has 4 aromatic rings. The molecule has 0 unspecified atom stereocenters. The van der Waals surface area contributed by atoms with Crippen molar-refractivity contribution >= 4 is 39.8 Å². The Bertz CT molecular complexity index is 1200. The van der Waals surface area contributed by atoms with Gasteiger partial charge in [0.05, 0.1) is 11.7 Å². The van der Waals surface area contributed by atoms with E-state index in [1.807, 2.05) is 24.3 Å². The number of nitrogens with zero attached hydrogens (tertiary/aromatic N) is 2. The van der Waals surface area contributed by atoms with E-state index in [2.05, 4.69) is 15.1 Å². The van der Waals surface area contributed by atoms with Crippen LogP contribution in [0.1, 0.15) is 5.56 Å². The first-order chi connectivity index (χ1) is 11.6. The number of halogens is 1. The smallest absolute Gasteiger partial charge is 0.349 e. The topological polar surface area (TPSA) is 83.0 Å². The summed E-state index contributed by atoms with van der Waals surface area (Å²) in [6, 6.07) is 14.3. The maximum absolute atomic E-state index is 12.6. The van der Waals surface area contributed by atoms with Crippen LogP contribution in [-0.4, -0.2) is 20.9 Å². The third-order valence-corrected chi connectivity index (χ3v) is 3.98. The Hall–Kier alpha value is -3.12. The molecule has 0 saturated carbocycles. The van der Waals surface area contributed by atoms with Gasteiger partial charge in [-0.25, -0.2) is 4.79 Å². The molecule has 0 aliphatic rings. The first kappa shape index (κ1) is 14.5. The number of hydrogen-bond acceptors (Lipinski definition) is 3. The maximum Gasteiger partial charge on any atom is 0.350 e. The van der Waals surface area contributed by atoms with Crippen molar-refractivity contribution < 1.29 is 0 Å². The van der Waals surface area contributed by atoms with E-state index in [1.165, 1.54) is 6.21 Å². The largest absolute Gasteiger partial charge is 0.350 e. The minimum absolute atomic E-state index is 0.309. The van der Waals surface area contributed by atoms with Crippen LogP contribution in [0.25, 0.3) is 21.9 Å². The molecule has 0 aliphatic heterocycles. The highest BCUT2D eigenvalue weighted by molar-refractivity contribution is 6.30. The lowest BCUT2D eigenvalue weighted by atomic mass is 10.2. The lowest BCUT2D eigenvalue weighted by molar-refractivity contribution is 0.770. The molecular weight excluding hydrogens is 328 g/mol. The van der Waals surface area contributed by atoms with Crippen LogP contribution in [0.4, 0.5) is 0 Å². The molecule has 24 heavy (non-hydrogen) atoms. The normalized spacial score (nSPS) is 11.7. The van der Waals surface area contributed by atoms with Gasteiger partial charge in [0, 0.05) is 15.9 Å². The zero-order valence-corrected chi connectivity index (χ0v) is 13.0. The Kier molecular flexibility index (Phi) is 3.32. The summed E-state index contributed by atoms with van der Waals surface area (Å²) in [6.07, 6.45) is 1.43. The molecule has 4 rings (SSSR count). The van der Waals surface area contributed by atoms with E-state index in [0.717, 1.165) is 21.1 Å². The summed E-state index contributed by atoms with van der Waals surface area (Å²) in [5, 5.41) is 5.38. The molecule has 2 aromatic heterocycles. The number of hydrogen-bond donors (Lipinski definition) is 2. The standard InChI is InChI=1S/C17H11ClN4O2/c18-11-7-5-10(6-8-11)9-19-22-16(23)15-14(21-17(22)24)12-3-1-2-4-13(12)20-15/h1-9,20H,(H,21,24). The summed E-state index contributed by atoms with van der Waals surface area (Å²) < 4.78 is 0.798. The molecular formula is C17H11ClN4O2. The molecule has 0 fully saturated rings. The Morgan fingerprint density at radius 3 is 2.50 bits per heavy atom. The zero-order chi connectivity index (χ0) is 16.7. The van der Waals surface area contributed by atoms with Crippen LogP contribution < -0.4 is 11.2 Å². The van der Waals surface area contributed by atoms with Gasteiger partial charge in [0.1, 0.15) is 5.52 Å². The zero-order valence-electron chi connectivity index (χ0n) is 12.3. The van der Waals surface area contributed by atoms with Crippen molar-refractivity contribution in [2.24, 2.45) is 5.10 Å². The molecule has 0 spiro atoms. The van der Waals surface area contributed by atoms with Crippen LogP contribution in [-0.2, 0) is 0 Å². The van der Waals surface area contributed by atoms with Gasteiger partial charge in [0.25, 0.3) is 0 Å². The third kappa shape index (κ3) is 2.33. The number of para-hydroxylation sites is 1. The molecule has 0 atom stereocenters. The summed E-state index contributed by atoms with van der Waals surface area (Å²) in [7, 11) is 0. The number of H-pyrrole nitrogens is 2. The fourth-order valence-electron chi connectivity index (χ4n) is 2.57. The van der Waals surface area contributed by atoms with Crippen molar-refractivity contribution in [3.05, 3.63) is 80.0 Å². The molecule has 0 aliphatic carbocycles. The molecule has 2 aromatic carbocycles. The molecule has 0 saturated heterocycles. The monoisotopic (exact) mass is 338 g/mol. The molecule has 118 valence electrons. The highest BCUT2D eigenvalue weighted by Gasteiger charge is 2.11. The van der Waals surface area contributed by atoms with Crippen molar-refractivity contribution in [2.75, 3.05) is 0 Å². The van der Waals surface area contributed by atoms with E-state index in [1.54, 1.807) is 24.3 Å². The number of nitrogens with one attached hydrogen (secondary N) is 2. The number of aromatic amines is 2. The first-order valence-electron chi connectivity index (χ1n) is 7.19. The van der Waals surface area contributed by atoms with Gasteiger partial charge in [-0.05, 0) is 23.8 Å². The van der Waals surface area contributed by atoms with Gasteiger partial charge < -0.3 is 9.97 Å². The number of rotatable bonds is 2. The Morgan fingerprint density at radius 1 is 0.958 bits per heavy atom. The predicted octanol–water partition coefficient (Wildman–Crippen LogP) is 2.71. The average Bonchev–Trinajstić information content (AvgIpc) is 2.95. The van der Waals surface area contributed by atoms with Crippen molar-refractivity contribution in [3.8, 4) is 0 Å². The van der Waals surface area contributed by atoms with E-state index in [4.69, 9.17) is 11.6 Å². The summed E-state index contributed by atoms with van der Waals surface area (Å²) >= 11 is 5.82. The summed E-state index contributed by atoms with van der Waals surface area (Å²) in [5.41, 5.74) is 1.20. The molecule has 2 N–H and O–H groups in total. The van der Waals surface area contributed by atoms with Gasteiger partial charge in [0.15, 0.2) is 0 Å². The van der Waals surface area contributed by atoms with Crippen LogP contribution in [0.3, 0.4) is 0 Å². The summed E-state index contributed by atoms with van der Waals surface area (Å²) in [5.74, 6) is 0. The second-order valence-corrected chi connectivity index (χ2v) is 5.70. The summed E-state index contributed by atoms with van der Waals surface area (Å²) in [6.45, 7) is 0. The molecule has 0 amide bonds. The van der Waals surface area contributed by atoms with Crippen molar-refractivity contribution in [3.63, 3.8) is 0 Å². The summed E-state index contributed by atoms with van der Waals surface area (Å²) in [4.78, 5) is 30.5. The number of aromatic nitrogens is 3. The van der Waals surface area contributed by atoms with Gasteiger partial charge in [0.2, 0.25) is 0 Å². The fourth-order valence-corrected chi connectivity index (χ4v) is 2.69. The van der Waals surface area contributed by atoms with Gasteiger partial charge in [-0.2, -0.15) is 5.10 Å². The predicted molar refractivity (Wildman–Crippen MR) is 95.1 cm³/mol. The molecule has 6 nitrogen and oxygen atoms in total. The maximum atomic E-state index is 12.6. The minimum atomic E-state index is -0.595. The van der Waals surface area contributed by atoms with Crippen LogP contribution in [0.2, 0.25) is 5.02 Å². The third-order valence-electron chi connectivity index (χ3n) is 3.73. The van der Waals surface area contributed by atoms with Crippen molar-refractivity contribution in [1.82, 2.24) is 14.6 Å². The SMILES string of the molecule is O=c1[nH]c2c([nH]c3ccccc32)c(=O)n1N=Cc1ccc(Cl)cc1. The molecule has 2 heterocycles. The molecule has 0 radical (unpaired) electrons. The second kappa shape index (κ2) is 5.50. The highest BCUT2D eigenvalue weighted by atomic mass is 35.5. The van der Waals surface area contributed by atoms with E-state index in [9.17, 15) is 9.59 Å². The lowest BCUT2D eigenvalue weighted by Crippen LogP contribution is -2.32. The first-order valence-corrected chi connectivity index (χ1v) is 7.57. The van der Waals surface area contributed by atoms with Crippen molar-refractivity contribution in [2.45, 2.75) is 0 Å². The van der Waals surface area contributed by atoms with E-state index >= 15 is 0 Å². The lowest BCUT2D eigenvalue weighted by Gasteiger charge is -1.98. The quantitative estimate of drug-likeness (QED) is 0.551. The highest BCUT2D eigenvalue weighted by Crippen LogP contribution is 2.19. The van der Waals surface area contributed by atoms with E-state index in [0.29, 0.717) is 16.1 Å². The van der Waals surface area contributed by atoms with Gasteiger partial charge in [-0.1, -0.05) is 41.9 Å². The Labute approximate surface area is 140 Å². The van der Waals surface area contributed by atoms with Crippen LogP contribution >= 0.6 is 11.6 Å². The van der Waals surface area contributed by atoms with Crippen LogP contribution in [0, 0.1) is 0 Å². The Morgan fingerprint density at radius 2 is 1.71 bits per heavy atom. The number of benzene rings is 2. The molecule has 7 heteroatoms. The van der Waals surface area contributed by atoms with Crippen LogP contribution in [0.5, 0.6) is 0 Å². The van der Waals surface area contributed by atoms with Gasteiger partial charge >= 0.3 is 11.2 Å². The van der Waals surface area contributed by atoms with E-state index < -0.39 is 11.2 Å². The van der Waals surface area contributed by atoms with Gasteiger partial charge in [-0.15, -0.1) is 4.68 Å². The minimum Gasteiger partial charge on any atom is -0.349 e. The van der Waals surface area contributed by atoms with Crippen LogP contribution in [0.15, 0.2) is 63.2 Å². The van der Waals surface area contributed by atoms with Gasteiger partial charge in [-0.3, -0.25) is 4.79 Å². The van der Waals surface area contributed by atoms with E-state index in [-0.39, 0.29) is 0 Å².